The first kappa shape index (κ1) is 23.6. The SMILES string of the molecule is CC(C)NCC(=O)NCC(=O)NCC(=O)NCCNC(=O)OC(C)(C)C. The number of hydrogen-bond acceptors (Lipinski definition) is 6. The van der Waals surface area contributed by atoms with Crippen molar-refractivity contribution >= 4 is 23.8 Å². The van der Waals surface area contributed by atoms with Gasteiger partial charge in [0.05, 0.1) is 19.6 Å². The van der Waals surface area contributed by atoms with E-state index in [9.17, 15) is 19.2 Å². The molecule has 0 radical (unpaired) electrons. The van der Waals surface area contributed by atoms with E-state index in [0.29, 0.717) is 0 Å². The van der Waals surface area contributed by atoms with Crippen molar-refractivity contribution in [2.45, 2.75) is 46.3 Å². The summed E-state index contributed by atoms with van der Waals surface area (Å²) in [6, 6.07) is 0.170. The Balaban J connectivity index is 3.74. The smallest absolute Gasteiger partial charge is 0.407 e. The van der Waals surface area contributed by atoms with Gasteiger partial charge in [-0.05, 0) is 20.8 Å². The summed E-state index contributed by atoms with van der Waals surface area (Å²) in [6.07, 6.45) is -0.567. The van der Waals surface area contributed by atoms with Gasteiger partial charge in [-0.1, -0.05) is 13.8 Å². The van der Waals surface area contributed by atoms with E-state index in [1.54, 1.807) is 20.8 Å². The second-order valence-electron chi connectivity index (χ2n) is 6.87. The van der Waals surface area contributed by atoms with Crippen molar-refractivity contribution in [2.75, 3.05) is 32.7 Å². The Labute approximate surface area is 154 Å². The fourth-order valence-corrected chi connectivity index (χ4v) is 1.52. The molecule has 0 aliphatic heterocycles. The van der Waals surface area contributed by atoms with Gasteiger partial charge >= 0.3 is 6.09 Å². The van der Waals surface area contributed by atoms with Crippen molar-refractivity contribution in [1.82, 2.24) is 26.6 Å². The van der Waals surface area contributed by atoms with Crippen molar-refractivity contribution in [3.63, 3.8) is 0 Å². The zero-order chi connectivity index (χ0) is 20.2. The molecule has 26 heavy (non-hydrogen) atoms. The lowest BCUT2D eigenvalue weighted by Crippen LogP contribution is -2.45. The topological polar surface area (TPSA) is 138 Å². The highest BCUT2D eigenvalue weighted by Crippen LogP contribution is 2.05. The highest BCUT2D eigenvalue weighted by atomic mass is 16.6. The predicted octanol–water partition coefficient (Wildman–Crippen LogP) is -1.14. The number of amides is 4. The molecule has 0 bridgehead atoms. The molecule has 0 aromatic heterocycles. The standard InChI is InChI=1S/C16H31N5O5/c1-11(2)19-8-13(23)21-10-14(24)20-9-12(22)17-6-7-18-15(25)26-16(3,4)5/h11,19H,6-10H2,1-5H3,(H,17,22)(H,18,25)(H,20,24)(H,21,23). The summed E-state index contributed by atoms with van der Waals surface area (Å²) < 4.78 is 5.04. The Morgan fingerprint density at radius 3 is 1.73 bits per heavy atom. The minimum absolute atomic E-state index is 0.121. The van der Waals surface area contributed by atoms with E-state index >= 15 is 0 Å². The van der Waals surface area contributed by atoms with Gasteiger partial charge in [0, 0.05) is 19.1 Å². The van der Waals surface area contributed by atoms with Gasteiger partial charge < -0.3 is 31.3 Å². The van der Waals surface area contributed by atoms with Crippen molar-refractivity contribution < 1.29 is 23.9 Å². The summed E-state index contributed by atoms with van der Waals surface area (Å²) in [7, 11) is 0. The molecule has 0 aliphatic carbocycles. The Morgan fingerprint density at radius 1 is 0.769 bits per heavy atom. The minimum Gasteiger partial charge on any atom is -0.444 e. The van der Waals surface area contributed by atoms with Crippen molar-refractivity contribution in [2.24, 2.45) is 0 Å². The van der Waals surface area contributed by atoms with Gasteiger partial charge in [-0.3, -0.25) is 14.4 Å². The van der Waals surface area contributed by atoms with Crippen LogP contribution in [0.15, 0.2) is 0 Å². The number of nitrogens with one attached hydrogen (secondary N) is 5. The minimum atomic E-state index is -0.585. The Bertz CT molecular complexity index is 488. The fourth-order valence-electron chi connectivity index (χ4n) is 1.52. The van der Waals surface area contributed by atoms with Crippen LogP contribution in [-0.4, -0.2) is 68.2 Å². The zero-order valence-electron chi connectivity index (χ0n) is 16.2. The largest absolute Gasteiger partial charge is 0.444 e. The Hall–Kier alpha value is -2.36. The lowest BCUT2D eigenvalue weighted by molar-refractivity contribution is -0.127. The molecule has 0 aliphatic rings. The van der Waals surface area contributed by atoms with E-state index < -0.39 is 23.5 Å². The van der Waals surface area contributed by atoms with Gasteiger partial charge in [-0.25, -0.2) is 4.79 Å². The van der Waals surface area contributed by atoms with E-state index in [2.05, 4.69) is 26.6 Å². The fraction of sp³-hybridized carbons (Fsp3) is 0.750. The molecule has 0 heterocycles. The normalized spacial score (nSPS) is 10.8. The zero-order valence-corrected chi connectivity index (χ0v) is 16.2. The number of hydrogen-bond donors (Lipinski definition) is 5. The van der Waals surface area contributed by atoms with Crippen LogP contribution in [0.1, 0.15) is 34.6 Å². The molecular formula is C16H31N5O5. The van der Waals surface area contributed by atoms with E-state index in [1.165, 1.54) is 0 Å². The van der Waals surface area contributed by atoms with Crippen LogP contribution in [0, 0.1) is 0 Å². The highest BCUT2D eigenvalue weighted by molar-refractivity contribution is 5.88. The average Bonchev–Trinajstić information content (AvgIpc) is 2.51. The van der Waals surface area contributed by atoms with Crippen LogP contribution in [0.5, 0.6) is 0 Å². The van der Waals surface area contributed by atoms with Crippen molar-refractivity contribution in [1.29, 1.82) is 0 Å². The maximum Gasteiger partial charge on any atom is 0.407 e. The molecule has 10 heteroatoms. The summed E-state index contributed by atoms with van der Waals surface area (Å²) in [4.78, 5) is 45.9. The molecule has 0 saturated carbocycles. The quantitative estimate of drug-likeness (QED) is 0.307. The van der Waals surface area contributed by atoms with Crippen LogP contribution >= 0.6 is 0 Å². The van der Waals surface area contributed by atoms with Gasteiger partial charge in [-0.2, -0.15) is 0 Å². The second kappa shape index (κ2) is 12.1. The van der Waals surface area contributed by atoms with Crippen LogP contribution < -0.4 is 26.6 Å². The summed E-state index contributed by atoms with van der Waals surface area (Å²) >= 11 is 0. The molecule has 0 saturated heterocycles. The lowest BCUT2D eigenvalue weighted by Gasteiger charge is -2.19. The molecule has 0 unspecified atom stereocenters. The van der Waals surface area contributed by atoms with Crippen molar-refractivity contribution in [3.8, 4) is 0 Å². The van der Waals surface area contributed by atoms with Gasteiger partial charge in [-0.15, -0.1) is 0 Å². The molecule has 0 aromatic carbocycles. The van der Waals surface area contributed by atoms with Gasteiger partial charge in [0.25, 0.3) is 0 Å². The lowest BCUT2D eigenvalue weighted by atomic mass is 10.2. The molecule has 0 fully saturated rings. The first-order chi connectivity index (χ1) is 12.0. The van der Waals surface area contributed by atoms with E-state index in [4.69, 9.17) is 4.74 Å². The third-order valence-electron chi connectivity index (χ3n) is 2.68. The Morgan fingerprint density at radius 2 is 1.23 bits per heavy atom. The first-order valence-electron chi connectivity index (χ1n) is 8.50. The average molecular weight is 373 g/mol. The summed E-state index contributed by atoms with van der Waals surface area (Å²) in [6.45, 7) is 9.16. The van der Waals surface area contributed by atoms with E-state index in [0.717, 1.165) is 0 Å². The Kier molecular flexibility index (Phi) is 11.0. The van der Waals surface area contributed by atoms with Crippen LogP contribution in [0.3, 0.4) is 0 Å². The number of carbonyl (C=O) groups excluding carboxylic acids is 4. The molecular weight excluding hydrogens is 342 g/mol. The second-order valence-corrected chi connectivity index (χ2v) is 6.87. The molecule has 10 nitrogen and oxygen atoms in total. The highest BCUT2D eigenvalue weighted by Gasteiger charge is 2.15. The number of alkyl carbamates (subject to hydrolysis) is 1. The molecule has 4 amide bonds. The van der Waals surface area contributed by atoms with Crippen molar-refractivity contribution in [3.05, 3.63) is 0 Å². The third kappa shape index (κ3) is 15.2. The molecule has 5 N–H and O–H groups in total. The third-order valence-corrected chi connectivity index (χ3v) is 2.68. The maximum absolute atomic E-state index is 11.6. The van der Waals surface area contributed by atoms with Crippen LogP contribution in [-0.2, 0) is 19.1 Å². The molecule has 0 rings (SSSR count). The molecule has 0 aromatic rings. The van der Waals surface area contributed by atoms with Gasteiger partial charge in [0.2, 0.25) is 17.7 Å². The van der Waals surface area contributed by atoms with Crippen LogP contribution in [0.25, 0.3) is 0 Å². The monoisotopic (exact) mass is 373 g/mol. The van der Waals surface area contributed by atoms with E-state index in [1.807, 2.05) is 13.8 Å². The molecule has 0 spiro atoms. The summed E-state index contributed by atoms with van der Waals surface area (Å²) in [5.74, 6) is -1.17. The summed E-state index contributed by atoms with van der Waals surface area (Å²) in [5, 5.41) is 12.8. The summed E-state index contributed by atoms with van der Waals surface area (Å²) in [5.41, 5.74) is -0.585. The van der Waals surface area contributed by atoms with E-state index in [-0.39, 0.29) is 44.7 Å². The number of rotatable bonds is 10. The van der Waals surface area contributed by atoms with Crippen LogP contribution in [0.2, 0.25) is 0 Å². The van der Waals surface area contributed by atoms with Crippen LogP contribution in [0.4, 0.5) is 4.79 Å². The number of ether oxygens (including phenoxy) is 1. The van der Waals surface area contributed by atoms with Gasteiger partial charge in [0.15, 0.2) is 0 Å². The molecule has 150 valence electrons. The van der Waals surface area contributed by atoms with Gasteiger partial charge in [0.1, 0.15) is 5.60 Å². The molecule has 0 atom stereocenters. The number of carbonyl (C=O) groups is 4. The first-order valence-corrected chi connectivity index (χ1v) is 8.50. The maximum atomic E-state index is 11.6. The predicted molar refractivity (Wildman–Crippen MR) is 96.4 cm³/mol.